The Balaban J connectivity index is 2.13. The maximum Gasteiger partial charge on any atom is 0.222 e. The lowest BCUT2D eigenvalue weighted by Crippen LogP contribution is -2.43. The van der Waals surface area contributed by atoms with Crippen LogP contribution in [-0.2, 0) is 4.74 Å². The second kappa shape index (κ2) is 5.07. The van der Waals surface area contributed by atoms with Gasteiger partial charge < -0.3 is 20.7 Å². The number of imidazole rings is 1. The topological polar surface area (TPSA) is 119 Å². The first-order valence-corrected chi connectivity index (χ1v) is 6.89. The minimum Gasteiger partial charge on any atom is -0.391 e. The summed E-state index contributed by atoms with van der Waals surface area (Å²) in [6.07, 6.45) is 4.26. The second-order valence-electron chi connectivity index (χ2n) is 5.14. The highest BCUT2D eigenvalue weighted by Crippen LogP contribution is 2.44. The van der Waals surface area contributed by atoms with Crippen LogP contribution >= 0.6 is 11.6 Å². The summed E-state index contributed by atoms with van der Waals surface area (Å²) in [5, 5.41) is 20.1. The predicted octanol–water partition coefficient (Wildman–Crippen LogP) is -0.342. The van der Waals surface area contributed by atoms with Gasteiger partial charge in [-0.25, -0.2) is 9.97 Å². The standard InChI is InChI=1S/C13H14ClN5O3/c1-3-13(14)9(21)8(6(2)20)22-11(13)19-5-17-7-4-16-12(15)18-10(7)19/h1,4-6,8-9,11,20-21H,2H3,(H2,15,16,18)/t6-,8?,9?,11+,13+/m0/s1. The van der Waals surface area contributed by atoms with Gasteiger partial charge in [-0.1, -0.05) is 17.5 Å². The number of terminal acetylenes is 1. The lowest BCUT2D eigenvalue weighted by Gasteiger charge is -2.25. The fourth-order valence-corrected chi connectivity index (χ4v) is 2.80. The third kappa shape index (κ3) is 2.02. The monoisotopic (exact) mass is 323 g/mol. The SMILES string of the molecule is C#C[C@@]1(Cl)C(O)C([C@H](C)O)O[C@H]1n1cnc2cnc(N)nc21. The van der Waals surface area contributed by atoms with Gasteiger partial charge in [0, 0.05) is 0 Å². The normalized spacial score (nSPS) is 33.0. The van der Waals surface area contributed by atoms with E-state index < -0.39 is 29.4 Å². The number of rotatable bonds is 2. The maximum atomic E-state index is 10.3. The summed E-state index contributed by atoms with van der Waals surface area (Å²) >= 11 is 6.40. The fourth-order valence-electron chi connectivity index (χ4n) is 2.52. The van der Waals surface area contributed by atoms with Crippen LogP contribution in [0.4, 0.5) is 5.95 Å². The molecule has 2 aromatic rings. The van der Waals surface area contributed by atoms with Crippen molar-refractivity contribution >= 4 is 28.7 Å². The highest BCUT2D eigenvalue weighted by atomic mass is 35.5. The van der Waals surface area contributed by atoms with Crippen LogP contribution in [0.15, 0.2) is 12.5 Å². The van der Waals surface area contributed by atoms with Crippen molar-refractivity contribution in [3.8, 4) is 12.3 Å². The third-order valence-electron chi connectivity index (χ3n) is 3.67. The van der Waals surface area contributed by atoms with Crippen molar-refractivity contribution < 1.29 is 14.9 Å². The molecule has 3 heterocycles. The summed E-state index contributed by atoms with van der Waals surface area (Å²) in [7, 11) is 0. The van der Waals surface area contributed by atoms with E-state index >= 15 is 0 Å². The lowest BCUT2D eigenvalue weighted by molar-refractivity contribution is -0.0752. The van der Waals surface area contributed by atoms with E-state index in [4.69, 9.17) is 28.5 Å². The molecule has 1 fully saturated rings. The van der Waals surface area contributed by atoms with Gasteiger partial charge in [0.25, 0.3) is 0 Å². The Morgan fingerprint density at radius 3 is 2.95 bits per heavy atom. The molecule has 8 nitrogen and oxygen atoms in total. The Labute approximate surface area is 130 Å². The van der Waals surface area contributed by atoms with Gasteiger partial charge in [0.2, 0.25) is 5.95 Å². The number of hydrogen-bond acceptors (Lipinski definition) is 7. The molecule has 1 aliphatic heterocycles. The molecule has 116 valence electrons. The van der Waals surface area contributed by atoms with Crippen molar-refractivity contribution in [3.05, 3.63) is 12.5 Å². The van der Waals surface area contributed by atoms with E-state index in [0.29, 0.717) is 11.2 Å². The predicted molar refractivity (Wildman–Crippen MR) is 78.8 cm³/mol. The third-order valence-corrected chi connectivity index (χ3v) is 4.19. The van der Waals surface area contributed by atoms with Crippen LogP contribution in [0, 0.1) is 12.3 Å². The number of nitrogens with two attached hydrogens (primary N) is 1. The van der Waals surface area contributed by atoms with Crippen molar-refractivity contribution in [2.45, 2.75) is 36.3 Å². The van der Waals surface area contributed by atoms with Crippen molar-refractivity contribution in [2.24, 2.45) is 0 Å². The van der Waals surface area contributed by atoms with Gasteiger partial charge in [0.1, 0.15) is 17.7 Å². The van der Waals surface area contributed by atoms with Crippen LogP contribution < -0.4 is 5.73 Å². The number of halogens is 1. The summed E-state index contributed by atoms with van der Waals surface area (Å²) < 4.78 is 7.16. The van der Waals surface area contributed by atoms with Gasteiger partial charge in [0.05, 0.1) is 18.6 Å². The molecule has 9 heteroatoms. The van der Waals surface area contributed by atoms with Crippen LogP contribution in [0.25, 0.3) is 11.2 Å². The maximum absolute atomic E-state index is 10.3. The Morgan fingerprint density at radius 1 is 1.59 bits per heavy atom. The molecule has 0 bridgehead atoms. The van der Waals surface area contributed by atoms with Gasteiger partial charge >= 0.3 is 0 Å². The number of anilines is 1. The van der Waals surface area contributed by atoms with Gasteiger partial charge in [-0.05, 0) is 6.92 Å². The molecule has 0 radical (unpaired) electrons. The van der Waals surface area contributed by atoms with E-state index in [1.165, 1.54) is 24.0 Å². The average molecular weight is 324 g/mol. The zero-order valence-corrected chi connectivity index (χ0v) is 12.3. The Bertz CT molecular complexity index is 758. The molecule has 1 aliphatic rings. The fraction of sp³-hybridized carbons (Fsp3) is 0.462. The summed E-state index contributed by atoms with van der Waals surface area (Å²) in [5.41, 5.74) is 6.43. The molecule has 0 saturated carbocycles. The molecular formula is C13H14ClN5O3. The van der Waals surface area contributed by atoms with Crippen LogP contribution in [0.1, 0.15) is 13.2 Å². The van der Waals surface area contributed by atoms with Crippen molar-refractivity contribution in [1.82, 2.24) is 19.5 Å². The number of aromatic nitrogens is 4. The quantitative estimate of drug-likeness (QED) is 0.511. The van der Waals surface area contributed by atoms with E-state index in [0.717, 1.165) is 0 Å². The molecule has 2 unspecified atom stereocenters. The van der Waals surface area contributed by atoms with Crippen molar-refractivity contribution in [1.29, 1.82) is 0 Å². The van der Waals surface area contributed by atoms with Gasteiger partial charge in [-0.2, -0.15) is 4.98 Å². The zero-order valence-electron chi connectivity index (χ0n) is 11.6. The molecule has 22 heavy (non-hydrogen) atoms. The van der Waals surface area contributed by atoms with E-state index in [-0.39, 0.29) is 5.95 Å². The van der Waals surface area contributed by atoms with E-state index in [2.05, 4.69) is 20.9 Å². The number of hydrogen-bond donors (Lipinski definition) is 3. The summed E-state index contributed by atoms with van der Waals surface area (Å²) in [4.78, 5) is 10.5. The average Bonchev–Trinajstić information content (AvgIpc) is 2.99. The first kappa shape index (κ1) is 15.0. The number of nitrogens with zero attached hydrogens (tertiary/aromatic N) is 4. The van der Waals surface area contributed by atoms with E-state index in [9.17, 15) is 10.2 Å². The molecule has 3 rings (SSSR count). The van der Waals surface area contributed by atoms with Crippen molar-refractivity contribution in [2.75, 3.05) is 5.73 Å². The molecule has 4 N–H and O–H groups in total. The first-order valence-electron chi connectivity index (χ1n) is 6.52. The van der Waals surface area contributed by atoms with Crippen LogP contribution in [0.3, 0.4) is 0 Å². The molecule has 5 atom stereocenters. The van der Waals surface area contributed by atoms with Crippen LogP contribution in [0.5, 0.6) is 0 Å². The zero-order chi connectivity index (χ0) is 16.1. The molecule has 0 aromatic carbocycles. The van der Waals surface area contributed by atoms with Crippen LogP contribution in [-0.4, -0.2) is 52.9 Å². The number of aliphatic hydroxyl groups excluding tert-OH is 2. The second-order valence-corrected chi connectivity index (χ2v) is 5.77. The number of alkyl halides is 1. The Kier molecular flexibility index (Phi) is 3.45. The molecule has 1 saturated heterocycles. The highest BCUT2D eigenvalue weighted by molar-refractivity contribution is 6.27. The molecular weight excluding hydrogens is 310 g/mol. The molecule has 0 spiro atoms. The number of aliphatic hydroxyl groups is 2. The highest BCUT2D eigenvalue weighted by Gasteiger charge is 2.57. The smallest absolute Gasteiger partial charge is 0.222 e. The minimum atomic E-state index is -1.57. The van der Waals surface area contributed by atoms with Gasteiger partial charge in [0.15, 0.2) is 16.7 Å². The van der Waals surface area contributed by atoms with Crippen LogP contribution in [0.2, 0.25) is 0 Å². The molecule has 0 aliphatic carbocycles. The van der Waals surface area contributed by atoms with Gasteiger partial charge in [-0.3, -0.25) is 4.57 Å². The Morgan fingerprint density at radius 2 is 2.32 bits per heavy atom. The number of ether oxygens (including phenoxy) is 1. The largest absolute Gasteiger partial charge is 0.391 e. The van der Waals surface area contributed by atoms with E-state index in [1.807, 2.05) is 0 Å². The lowest BCUT2D eigenvalue weighted by atomic mass is 9.97. The molecule has 2 aromatic heterocycles. The minimum absolute atomic E-state index is 0.0563. The summed E-state index contributed by atoms with van der Waals surface area (Å²) in [6.45, 7) is 1.48. The first-order chi connectivity index (χ1) is 10.4. The number of nitrogen functional groups attached to an aromatic ring is 1. The summed E-state index contributed by atoms with van der Waals surface area (Å²) in [5.74, 6) is 2.40. The van der Waals surface area contributed by atoms with Crippen molar-refractivity contribution in [3.63, 3.8) is 0 Å². The van der Waals surface area contributed by atoms with E-state index in [1.54, 1.807) is 0 Å². The Hall–Kier alpha value is -1.92. The number of fused-ring (bicyclic) bond motifs is 1. The summed E-state index contributed by atoms with van der Waals surface area (Å²) in [6, 6.07) is 0. The molecule has 0 amide bonds. The van der Waals surface area contributed by atoms with Gasteiger partial charge in [-0.15, -0.1) is 6.42 Å².